The van der Waals surface area contributed by atoms with Crippen molar-refractivity contribution in [3.8, 4) is 73.8 Å². The Bertz CT molecular complexity index is 2160. The Morgan fingerprint density at radius 2 is 1.34 bits per heavy atom. The number of aryl methyl sites for hydroxylation is 1. The van der Waals surface area contributed by atoms with Gasteiger partial charge in [-0.05, 0) is 72.6 Å². The number of hydrogen-bond acceptors (Lipinski definition) is 8. The highest BCUT2D eigenvalue weighted by atomic mass is 16.7. The molecule has 3 heterocycles. The molecule has 8 nitrogen and oxygen atoms in total. The molecule has 0 spiro atoms. The van der Waals surface area contributed by atoms with Crippen LogP contribution in [0.5, 0.6) is 40.2 Å². The minimum absolute atomic E-state index is 0.0243. The highest BCUT2D eigenvalue weighted by Gasteiger charge is 2.52. The maximum Gasteiger partial charge on any atom is 0.310 e. The Morgan fingerprint density at radius 3 is 2.16 bits per heavy atom. The van der Waals surface area contributed by atoms with Crippen LogP contribution in [0, 0.1) is 6.92 Å². The van der Waals surface area contributed by atoms with Crippen LogP contribution >= 0.6 is 0 Å². The first-order valence-electron chi connectivity index (χ1n) is 14.0. The average Bonchev–Trinajstić information content (AvgIpc) is 3.43. The van der Waals surface area contributed by atoms with Crippen LogP contribution in [-0.4, -0.2) is 29.5 Å². The van der Waals surface area contributed by atoms with Crippen LogP contribution in [0.4, 0.5) is 0 Å². The second-order valence-electron chi connectivity index (χ2n) is 11.0. The van der Waals surface area contributed by atoms with E-state index >= 15 is 0 Å². The van der Waals surface area contributed by atoms with E-state index < -0.39 is 5.79 Å². The number of aromatic hydroxyl groups is 3. The van der Waals surface area contributed by atoms with Crippen molar-refractivity contribution >= 4 is 11.0 Å². The maximum absolute atomic E-state index is 10.5. The first-order chi connectivity index (χ1) is 21.3. The Morgan fingerprint density at radius 1 is 0.636 bits per heavy atom. The van der Waals surface area contributed by atoms with E-state index in [2.05, 4.69) is 12.1 Å². The van der Waals surface area contributed by atoms with Gasteiger partial charge in [0.05, 0.1) is 30.9 Å². The normalized spacial score (nSPS) is 15.9. The van der Waals surface area contributed by atoms with Gasteiger partial charge in [-0.3, -0.25) is 0 Å². The van der Waals surface area contributed by atoms with E-state index in [9.17, 15) is 15.3 Å². The van der Waals surface area contributed by atoms with Gasteiger partial charge < -0.3 is 38.7 Å². The fourth-order valence-electron chi connectivity index (χ4n) is 6.40. The van der Waals surface area contributed by atoms with Gasteiger partial charge >= 0.3 is 5.79 Å². The fourth-order valence-corrected chi connectivity index (χ4v) is 6.40. The van der Waals surface area contributed by atoms with E-state index in [1.54, 1.807) is 49.6 Å². The molecule has 0 radical (unpaired) electrons. The summed E-state index contributed by atoms with van der Waals surface area (Å²) in [5.41, 5.74) is 6.74. The van der Waals surface area contributed by atoms with Crippen LogP contribution in [0.25, 0.3) is 44.5 Å². The number of methoxy groups -OCH3 is 2. The third-order valence-corrected chi connectivity index (χ3v) is 8.26. The summed E-state index contributed by atoms with van der Waals surface area (Å²) in [6.45, 7) is 2.02. The number of benzene rings is 5. The molecule has 2 aliphatic heterocycles. The molecule has 1 atom stereocenters. The summed E-state index contributed by atoms with van der Waals surface area (Å²) in [6.07, 6.45) is 0. The van der Waals surface area contributed by atoms with E-state index in [1.807, 2.05) is 31.2 Å². The molecule has 3 N–H and O–H groups in total. The quantitative estimate of drug-likeness (QED) is 0.191. The summed E-state index contributed by atoms with van der Waals surface area (Å²) in [4.78, 5) is 0. The molecule has 218 valence electrons. The van der Waals surface area contributed by atoms with Gasteiger partial charge in [0, 0.05) is 40.3 Å². The second-order valence-corrected chi connectivity index (χ2v) is 11.0. The lowest BCUT2D eigenvalue weighted by Crippen LogP contribution is -2.45. The second kappa shape index (κ2) is 9.12. The number of ether oxygens (including phenoxy) is 4. The standard InChI is InChI=1S/C36H26O8/c1-18-10-25-24-8-6-22(38)16-30(24)43-36(27-9-7-23(39)17-31(27)40-2)35(25)26(11-18)34-32(41-3)13-20(14-33(34)44-36)28-12-19-4-5-21(37)15-29(19)42-28/h4-17,37-39H,1-3H3. The van der Waals surface area contributed by atoms with Gasteiger partial charge in [-0.2, -0.15) is 0 Å². The smallest absolute Gasteiger partial charge is 0.310 e. The van der Waals surface area contributed by atoms with E-state index in [4.69, 9.17) is 23.4 Å². The van der Waals surface area contributed by atoms with Gasteiger partial charge in [0.2, 0.25) is 0 Å². The number of furan rings is 1. The minimum Gasteiger partial charge on any atom is -0.508 e. The number of phenolic OH excluding ortho intramolecular Hbond substituents is 3. The molecule has 5 aromatic carbocycles. The van der Waals surface area contributed by atoms with Crippen LogP contribution in [0.2, 0.25) is 0 Å². The lowest BCUT2D eigenvalue weighted by Gasteiger charge is -2.45. The predicted octanol–water partition coefficient (Wildman–Crippen LogP) is 7.86. The largest absolute Gasteiger partial charge is 0.508 e. The molecule has 0 saturated heterocycles. The molecule has 6 aromatic rings. The van der Waals surface area contributed by atoms with Crippen molar-refractivity contribution in [2.45, 2.75) is 12.7 Å². The maximum atomic E-state index is 10.5. The molecule has 2 aliphatic rings. The van der Waals surface area contributed by atoms with Crippen molar-refractivity contribution in [1.82, 2.24) is 0 Å². The van der Waals surface area contributed by atoms with Gasteiger partial charge in [0.1, 0.15) is 51.6 Å². The van der Waals surface area contributed by atoms with E-state index in [0.29, 0.717) is 45.5 Å². The van der Waals surface area contributed by atoms with Crippen LogP contribution < -0.4 is 18.9 Å². The summed E-state index contributed by atoms with van der Waals surface area (Å²) >= 11 is 0. The molecule has 0 aliphatic carbocycles. The molecule has 1 unspecified atom stereocenters. The van der Waals surface area contributed by atoms with Crippen LogP contribution in [-0.2, 0) is 5.79 Å². The number of hydrogen-bond donors (Lipinski definition) is 3. The van der Waals surface area contributed by atoms with Crippen molar-refractivity contribution in [1.29, 1.82) is 0 Å². The van der Waals surface area contributed by atoms with Gasteiger partial charge in [0.25, 0.3) is 0 Å². The van der Waals surface area contributed by atoms with Gasteiger partial charge in [0.15, 0.2) is 0 Å². The van der Waals surface area contributed by atoms with Gasteiger partial charge in [-0.25, -0.2) is 0 Å². The van der Waals surface area contributed by atoms with Gasteiger partial charge in [-0.15, -0.1) is 0 Å². The van der Waals surface area contributed by atoms with Crippen molar-refractivity contribution < 1.29 is 38.7 Å². The lowest BCUT2D eigenvalue weighted by atomic mass is 9.78. The highest BCUT2D eigenvalue weighted by Crippen LogP contribution is 2.60. The molecule has 0 amide bonds. The average molecular weight is 587 g/mol. The zero-order chi connectivity index (χ0) is 30.3. The molecule has 0 fully saturated rings. The fraction of sp³-hybridized carbons (Fsp3) is 0.111. The van der Waals surface area contributed by atoms with Gasteiger partial charge in [-0.1, -0.05) is 12.1 Å². The summed E-state index contributed by atoms with van der Waals surface area (Å²) in [7, 11) is 3.13. The van der Waals surface area contributed by atoms with Crippen molar-refractivity contribution in [3.05, 3.63) is 102 Å². The van der Waals surface area contributed by atoms with Crippen LogP contribution in [0.15, 0.2) is 89.3 Å². The summed E-state index contributed by atoms with van der Waals surface area (Å²) in [5.74, 6) is 0.971. The Balaban J connectivity index is 1.46. The molecule has 0 saturated carbocycles. The third-order valence-electron chi connectivity index (χ3n) is 8.26. The first kappa shape index (κ1) is 25.9. The SMILES string of the molecule is COc1cc(O)ccc1C12Oc3cc(O)ccc3-c3cc(C)cc(c31)-c1c(OC)cc(-c3cc4ccc(O)cc4o3)cc1O2. The number of phenols is 3. The van der Waals surface area contributed by atoms with Crippen molar-refractivity contribution in [2.75, 3.05) is 14.2 Å². The Hall–Kier alpha value is -5.76. The Labute approximate surface area is 251 Å². The molecule has 44 heavy (non-hydrogen) atoms. The van der Waals surface area contributed by atoms with Crippen molar-refractivity contribution in [3.63, 3.8) is 0 Å². The number of rotatable bonds is 4. The number of fused-ring (bicyclic) bond motifs is 5. The van der Waals surface area contributed by atoms with E-state index in [0.717, 1.165) is 38.8 Å². The molecular weight excluding hydrogens is 560 g/mol. The summed E-state index contributed by atoms with van der Waals surface area (Å²) < 4.78 is 31.7. The van der Waals surface area contributed by atoms with Crippen LogP contribution in [0.3, 0.4) is 0 Å². The summed E-state index contributed by atoms with van der Waals surface area (Å²) in [6, 6.07) is 24.6. The molecular formula is C36H26O8. The molecule has 1 aromatic heterocycles. The van der Waals surface area contributed by atoms with Crippen molar-refractivity contribution in [2.24, 2.45) is 0 Å². The van der Waals surface area contributed by atoms with Crippen LogP contribution in [0.1, 0.15) is 16.7 Å². The minimum atomic E-state index is -1.57. The third kappa shape index (κ3) is 3.64. The Kier molecular flexibility index (Phi) is 5.37. The molecule has 8 rings (SSSR count). The highest BCUT2D eigenvalue weighted by molar-refractivity contribution is 5.93. The summed E-state index contributed by atoms with van der Waals surface area (Å²) in [5, 5.41) is 31.6. The first-order valence-corrected chi connectivity index (χ1v) is 14.0. The van der Waals surface area contributed by atoms with E-state index in [-0.39, 0.29) is 17.2 Å². The molecule has 8 heteroatoms. The van der Waals surface area contributed by atoms with E-state index in [1.165, 1.54) is 13.2 Å². The topological polar surface area (TPSA) is 111 Å². The lowest BCUT2D eigenvalue weighted by molar-refractivity contribution is -0.0893. The monoisotopic (exact) mass is 586 g/mol. The zero-order valence-electron chi connectivity index (χ0n) is 24.0. The predicted molar refractivity (Wildman–Crippen MR) is 164 cm³/mol. The molecule has 0 bridgehead atoms. The zero-order valence-corrected chi connectivity index (χ0v) is 24.0.